The van der Waals surface area contributed by atoms with Crippen LogP contribution >= 0.6 is 11.6 Å². The summed E-state index contributed by atoms with van der Waals surface area (Å²) in [6.45, 7) is 0.0653. The van der Waals surface area contributed by atoms with Gasteiger partial charge in [-0.2, -0.15) is 9.78 Å². The van der Waals surface area contributed by atoms with Crippen LogP contribution in [0.25, 0.3) is 5.69 Å². The number of aromatic nitrogens is 3. The topological polar surface area (TPSA) is 126 Å². The van der Waals surface area contributed by atoms with Crippen molar-refractivity contribution < 1.29 is 15.0 Å². The number of rotatable bonds is 7. The Morgan fingerprint density at radius 1 is 1.11 bits per heavy atom. The highest BCUT2D eigenvalue weighted by Gasteiger charge is 2.23. The minimum Gasteiger partial charge on any atom is -0.393 e. The average molecular weight is 513 g/mol. The summed E-state index contributed by atoms with van der Waals surface area (Å²) in [7, 11) is 0. The van der Waals surface area contributed by atoms with Crippen LogP contribution in [0.4, 0.5) is 0 Å². The zero-order valence-corrected chi connectivity index (χ0v) is 20.5. The molecule has 3 atom stereocenters. The van der Waals surface area contributed by atoms with Gasteiger partial charge in [0, 0.05) is 12.5 Å². The Balaban J connectivity index is 1.57. The van der Waals surface area contributed by atoms with Crippen LogP contribution in [-0.2, 0) is 6.54 Å². The molecule has 1 aliphatic rings. The van der Waals surface area contributed by atoms with Gasteiger partial charge >= 0.3 is 5.69 Å². The number of aliphatic hydroxyl groups excluding tert-OH is 2. The van der Waals surface area contributed by atoms with Crippen LogP contribution in [0.15, 0.2) is 64.3 Å². The Kier molecular flexibility index (Phi) is 8.35. The van der Waals surface area contributed by atoms with Gasteiger partial charge in [-0.1, -0.05) is 61.2 Å². The molecule has 190 valence electrons. The molecule has 36 heavy (non-hydrogen) atoms. The first-order valence-corrected chi connectivity index (χ1v) is 12.4. The summed E-state index contributed by atoms with van der Waals surface area (Å²) < 4.78 is 1.88. The molecule has 9 nitrogen and oxygen atoms in total. The molecule has 1 unspecified atom stereocenters. The van der Waals surface area contributed by atoms with E-state index < -0.39 is 29.4 Å². The van der Waals surface area contributed by atoms with Gasteiger partial charge in [-0.15, -0.1) is 0 Å². The van der Waals surface area contributed by atoms with Crippen LogP contribution in [0.2, 0.25) is 5.02 Å². The van der Waals surface area contributed by atoms with Crippen molar-refractivity contribution in [3.63, 3.8) is 0 Å². The van der Waals surface area contributed by atoms with Crippen molar-refractivity contribution in [2.45, 2.75) is 50.9 Å². The third-order valence-corrected chi connectivity index (χ3v) is 6.91. The second-order valence-corrected chi connectivity index (χ2v) is 9.46. The highest BCUT2D eigenvalue weighted by Crippen LogP contribution is 2.24. The molecule has 1 amide bonds. The summed E-state index contributed by atoms with van der Waals surface area (Å²) in [5.74, 6) is -0.457. The van der Waals surface area contributed by atoms with Gasteiger partial charge in [0.2, 0.25) is 0 Å². The van der Waals surface area contributed by atoms with Crippen LogP contribution in [0.3, 0.4) is 0 Å². The lowest BCUT2D eigenvalue weighted by Crippen LogP contribution is -2.41. The summed E-state index contributed by atoms with van der Waals surface area (Å²) in [5, 5.41) is 27.8. The Labute approximate surface area is 213 Å². The van der Waals surface area contributed by atoms with Crippen molar-refractivity contribution >= 4 is 17.5 Å². The van der Waals surface area contributed by atoms with Gasteiger partial charge in [-0.25, -0.2) is 4.79 Å². The molecule has 3 N–H and O–H groups in total. The third kappa shape index (κ3) is 5.92. The predicted molar refractivity (Wildman–Crippen MR) is 135 cm³/mol. The fourth-order valence-corrected chi connectivity index (χ4v) is 4.68. The number of halogens is 1. The zero-order chi connectivity index (χ0) is 25.7. The van der Waals surface area contributed by atoms with Crippen molar-refractivity contribution in [2.75, 3.05) is 6.54 Å². The third-order valence-electron chi connectivity index (χ3n) is 6.58. The number of hydrogen-bond acceptors (Lipinski definition) is 6. The number of amides is 1. The first-order valence-electron chi connectivity index (χ1n) is 12.0. The molecule has 0 saturated heterocycles. The summed E-state index contributed by atoms with van der Waals surface area (Å²) >= 11 is 6.28. The molecule has 4 rings (SSSR count). The fourth-order valence-electron chi connectivity index (χ4n) is 4.47. The number of hydrogen-bond donors (Lipinski definition) is 3. The number of nitrogens with one attached hydrogen (secondary N) is 1. The molecule has 1 aromatic heterocycles. The molecular formula is C26H29ClN4O5. The van der Waals surface area contributed by atoms with Gasteiger partial charge in [0.05, 0.1) is 35.0 Å². The van der Waals surface area contributed by atoms with E-state index in [1.807, 2.05) is 0 Å². The quantitative estimate of drug-likeness (QED) is 0.417. The predicted octanol–water partition coefficient (Wildman–Crippen LogP) is 2.45. The van der Waals surface area contributed by atoms with Gasteiger partial charge < -0.3 is 15.5 Å². The largest absolute Gasteiger partial charge is 0.393 e. The van der Waals surface area contributed by atoms with Gasteiger partial charge in [-0.05, 0) is 36.6 Å². The lowest BCUT2D eigenvalue weighted by molar-refractivity contribution is 0.0854. The molecule has 10 heteroatoms. The van der Waals surface area contributed by atoms with E-state index in [2.05, 4.69) is 10.4 Å². The van der Waals surface area contributed by atoms with E-state index in [1.54, 1.807) is 30.3 Å². The van der Waals surface area contributed by atoms with E-state index in [1.165, 1.54) is 18.2 Å². The smallest absolute Gasteiger partial charge is 0.352 e. The van der Waals surface area contributed by atoms with Crippen molar-refractivity contribution in [3.05, 3.63) is 91.7 Å². The average Bonchev–Trinajstić information content (AvgIpc) is 3.09. The molecule has 1 heterocycles. The van der Waals surface area contributed by atoms with Crippen LogP contribution in [0, 0.1) is 5.92 Å². The lowest BCUT2D eigenvalue weighted by atomic mass is 9.97. The monoisotopic (exact) mass is 512 g/mol. The molecule has 0 radical (unpaired) electrons. The molecule has 0 bridgehead atoms. The van der Waals surface area contributed by atoms with Crippen molar-refractivity contribution in [1.82, 2.24) is 19.7 Å². The summed E-state index contributed by atoms with van der Waals surface area (Å²) in [4.78, 5) is 38.4. The van der Waals surface area contributed by atoms with Gasteiger partial charge in [-0.3, -0.25) is 14.2 Å². The molecule has 3 aromatic rings. The minimum atomic E-state index is -1.07. The van der Waals surface area contributed by atoms with Crippen molar-refractivity contribution in [2.24, 2.45) is 5.92 Å². The van der Waals surface area contributed by atoms with E-state index in [9.17, 15) is 24.6 Å². The number of nitrogens with zero attached hydrogens (tertiary/aromatic N) is 3. The van der Waals surface area contributed by atoms with Crippen LogP contribution in [0.1, 0.15) is 54.1 Å². The van der Waals surface area contributed by atoms with Crippen molar-refractivity contribution in [3.8, 4) is 5.69 Å². The maximum Gasteiger partial charge on any atom is 0.352 e. The second kappa shape index (κ2) is 11.6. The molecule has 1 aliphatic carbocycles. The summed E-state index contributed by atoms with van der Waals surface area (Å²) in [5.41, 5.74) is -0.454. The lowest BCUT2D eigenvalue weighted by Gasteiger charge is -2.21. The van der Waals surface area contributed by atoms with Gasteiger partial charge in [0.1, 0.15) is 6.20 Å². The Morgan fingerprint density at radius 2 is 1.86 bits per heavy atom. The number of benzene rings is 2. The standard InChI is InChI=1S/C26H29ClN4O5/c27-21-12-11-19(13-20(21)25(35)28-14-18-9-5-2-6-10-22(18)32)31-26(36)30(24(34)15-29-31)16-23(33)17-7-3-1-4-8-17/h1,3-4,7-8,11-13,15,18,22-23,32-33H,2,5-6,9-10,14,16H2,(H,28,35)/t18?,22-,23-/m1/s1. The summed E-state index contributed by atoms with van der Waals surface area (Å²) in [6.07, 6.45) is 4.08. The van der Waals surface area contributed by atoms with E-state index in [0.29, 0.717) is 12.1 Å². The van der Waals surface area contributed by atoms with Crippen LogP contribution in [0.5, 0.6) is 0 Å². The van der Waals surface area contributed by atoms with E-state index >= 15 is 0 Å². The highest BCUT2D eigenvalue weighted by molar-refractivity contribution is 6.33. The Hall–Kier alpha value is -3.27. The SMILES string of the molecule is O=C(NCC1CCCCC[C@H]1O)c1cc(-n2ncc(=O)n(C[C@@H](O)c3ccccc3)c2=O)ccc1Cl. The summed E-state index contributed by atoms with van der Waals surface area (Å²) in [6, 6.07) is 13.1. The molecule has 2 aromatic carbocycles. The van der Waals surface area contributed by atoms with Crippen molar-refractivity contribution in [1.29, 1.82) is 0 Å². The zero-order valence-electron chi connectivity index (χ0n) is 19.7. The molecular weight excluding hydrogens is 484 g/mol. The van der Waals surface area contributed by atoms with E-state index in [-0.39, 0.29) is 28.7 Å². The molecule has 0 spiro atoms. The number of aliphatic hydroxyl groups is 2. The van der Waals surface area contributed by atoms with Crippen LogP contribution in [-0.4, -0.2) is 43.1 Å². The molecule has 1 saturated carbocycles. The Bertz CT molecular complexity index is 1320. The normalized spacial score (nSPS) is 18.9. The van der Waals surface area contributed by atoms with Gasteiger partial charge in [0.15, 0.2) is 0 Å². The maximum atomic E-state index is 13.1. The maximum absolute atomic E-state index is 13.1. The minimum absolute atomic E-state index is 0.0257. The number of carbonyl (C=O) groups excluding carboxylic acids is 1. The van der Waals surface area contributed by atoms with Gasteiger partial charge in [0.25, 0.3) is 11.5 Å². The second-order valence-electron chi connectivity index (χ2n) is 9.05. The highest BCUT2D eigenvalue weighted by atomic mass is 35.5. The first-order chi connectivity index (χ1) is 17.3. The molecule has 1 fully saturated rings. The number of carbonyl (C=O) groups is 1. The van der Waals surface area contributed by atoms with Crippen LogP contribution < -0.4 is 16.6 Å². The molecule has 0 aliphatic heterocycles. The fraction of sp³-hybridized carbons (Fsp3) is 0.385. The Morgan fingerprint density at radius 3 is 2.64 bits per heavy atom. The van der Waals surface area contributed by atoms with E-state index in [4.69, 9.17) is 11.6 Å². The first kappa shape index (κ1) is 25.8. The van der Waals surface area contributed by atoms with E-state index in [0.717, 1.165) is 47.5 Å².